The highest BCUT2D eigenvalue weighted by atomic mass is 79.9. The quantitative estimate of drug-likeness (QED) is 0.507. The number of nitrogens with zero attached hydrogens (tertiary/aromatic N) is 1. The van der Waals surface area contributed by atoms with Crippen molar-refractivity contribution in [1.82, 2.24) is 0 Å². The highest BCUT2D eigenvalue weighted by molar-refractivity contribution is 9.10. The summed E-state index contributed by atoms with van der Waals surface area (Å²) in [5.74, 6) is -0.199. The van der Waals surface area contributed by atoms with E-state index in [2.05, 4.69) is 21.2 Å². The zero-order chi connectivity index (χ0) is 20.9. The number of methoxy groups -OCH3 is 2. The highest BCUT2D eigenvalue weighted by Crippen LogP contribution is 2.37. The summed E-state index contributed by atoms with van der Waals surface area (Å²) in [5, 5.41) is 11.4. The summed E-state index contributed by atoms with van der Waals surface area (Å²) in [6, 6.07) is 9.32. The first-order chi connectivity index (χ1) is 13.2. The highest BCUT2D eigenvalue weighted by Gasteiger charge is 2.33. The van der Waals surface area contributed by atoms with Crippen LogP contribution in [0.5, 0.6) is 11.5 Å². The maximum atomic E-state index is 13.1. The molecule has 0 atom stereocenters. The van der Waals surface area contributed by atoms with Gasteiger partial charge in [0.15, 0.2) is 11.5 Å². The summed E-state index contributed by atoms with van der Waals surface area (Å²) < 4.78 is 50.1. The van der Waals surface area contributed by atoms with Crippen molar-refractivity contribution in [1.29, 1.82) is 5.26 Å². The maximum Gasteiger partial charge on any atom is 0.418 e. The average Bonchev–Trinajstić information content (AvgIpc) is 2.65. The Kier molecular flexibility index (Phi) is 6.70. The number of halogens is 4. The Hall–Kier alpha value is -2.99. The van der Waals surface area contributed by atoms with Crippen molar-refractivity contribution in [2.24, 2.45) is 0 Å². The molecular weight excluding hydrogens is 441 g/mol. The fraction of sp³-hybridized carbons (Fsp3) is 0.158. The molecule has 0 aliphatic carbocycles. The molecule has 0 saturated carbocycles. The van der Waals surface area contributed by atoms with Crippen molar-refractivity contribution in [3.63, 3.8) is 0 Å². The van der Waals surface area contributed by atoms with Crippen LogP contribution in [-0.2, 0) is 11.0 Å². The van der Waals surface area contributed by atoms with Gasteiger partial charge in [0, 0.05) is 0 Å². The summed E-state index contributed by atoms with van der Waals surface area (Å²) in [6.07, 6.45) is -3.41. The second-order valence-electron chi connectivity index (χ2n) is 5.41. The molecule has 0 spiro atoms. The number of rotatable bonds is 5. The number of carbonyl (C=O) groups is 1. The van der Waals surface area contributed by atoms with E-state index in [1.165, 1.54) is 38.5 Å². The molecule has 0 saturated heterocycles. The minimum atomic E-state index is -4.64. The lowest BCUT2D eigenvalue weighted by Crippen LogP contribution is -2.17. The molecule has 0 bridgehead atoms. The Balaban J connectivity index is 2.38. The van der Waals surface area contributed by atoms with Gasteiger partial charge in [0.25, 0.3) is 5.91 Å². The molecule has 0 aliphatic rings. The molecular formula is C19H14BrF3N2O3. The number of para-hydroxylation sites is 1. The monoisotopic (exact) mass is 454 g/mol. The van der Waals surface area contributed by atoms with Crippen molar-refractivity contribution in [3.8, 4) is 17.6 Å². The number of nitrogens with one attached hydrogen (secondary N) is 1. The number of ether oxygens (including phenoxy) is 2. The first kappa shape index (κ1) is 21.3. The van der Waals surface area contributed by atoms with E-state index < -0.39 is 23.3 Å². The van der Waals surface area contributed by atoms with Crippen LogP contribution in [0.15, 0.2) is 46.4 Å². The average molecular weight is 455 g/mol. The molecule has 2 rings (SSSR count). The number of benzene rings is 2. The normalized spacial score (nSPS) is 11.5. The van der Waals surface area contributed by atoms with Gasteiger partial charge in [-0.3, -0.25) is 4.79 Å². The zero-order valence-electron chi connectivity index (χ0n) is 14.7. The fourth-order valence-corrected chi connectivity index (χ4v) is 2.99. The van der Waals surface area contributed by atoms with Gasteiger partial charge in [0.05, 0.1) is 29.9 Å². The molecule has 5 nitrogen and oxygen atoms in total. The molecule has 1 N–H and O–H groups in total. The van der Waals surface area contributed by atoms with Crippen LogP contribution in [0, 0.1) is 11.3 Å². The zero-order valence-corrected chi connectivity index (χ0v) is 16.3. The van der Waals surface area contributed by atoms with Crippen LogP contribution in [0.3, 0.4) is 0 Å². The molecule has 0 fully saturated rings. The van der Waals surface area contributed by atoms with E-state index in [1.54, 1.807) is 12.1 Å². The lowest BCUT2D eigenvalue weighted by molar-refractivity contribution is -0.137. The first-order valence-electron chi connectivity index (χ1n) is 7.72. The van der Waals surface area contributed by atoms with E-state index >= 15 is 0 Å². The second-order valence-corrected chi connectivity index (χ2v) is 6.26. The largest absolute Gasteiger partial charge is 0.493 e. The fourth-order valence-electron chi connectivity index (χ4n) is 2.37. The van der Waals surface area contributed by atoms with Crippen LogP contribution in [0.25, 0.3) is 6.08 Å². The van der Waals surface area contributed by atoms with Crippen molar-refractivity contribution >= 4 is 33.6 Å². The van der Waals surface area contributed by atoms with Crippen LogP contribution in [-0.4, -0.2) is 20.1 Å². The van der Waals surface area contributed by atoms with E-state index in [0.29, 0.717) is 21.5 Å². The maximum absolute atomic E-state index is 13.1. The minimum absolute atomic E-state index is 0.350. The van der Waals surface area contributed by atoms with Crippen molar-refractivity contribution in [2.45, 2.75) is 6.18 Å². The molecule has 28 heavy (non-hydrogen) atoms. The molecule has 0 radical (unpaired) electrons. The van der Waals surface area contributed by atoms with E-state index in [-0.39, 0.29) is 5.57 Å². The van der Waals surface area contributed by atoms with Gasteiger partial charge in [-0.2, -0.15) is 18.4 Å². The first-order valence-corrected chi connectivity index (χ1v) is 8.51. The van der Waals surface area contributed by atoms with Gasteiger partial charge in [-0.05, 0) is 51.8 Å². The molecule has 0 unspecified atom stereocenters. The molecule has 1 amide bonds. The summed E-state index contributed by atoms with van der Waals surface area (Å²) in [7, 11) is 2.87. The van der Waals surface area contributed by atoms with Gasteiger partial charge in [-0.1, -0.05) is 12.1 Å². The van der Waals surface area contributed by atoms with Crippen LogP contribution < -0.4 is 14.8 Å². The minimum Gasteiger partial charge on any atom is -0.493 e. The van der Waals surface area contributed by atoms with Gasteiger partial charge >= 0.3 is 6.18 Å². The van der Waals surface area contributed by atoms with Crippen molar-refractivity contribution in [3.05, 3.63) is 57.6 Å². The third kappa shape index (κ3) is 4.84. The molecule has 146 valence electrons. The second kappa shape index (κ2) is 8.80. The Morgan fingerprint density at radius 2 is 1.89 bits per heavy atom. The van der Waals surface area contributed by atoms with Crippen LogP contribution in [0.4, 0.5) is 18.9 Å². The predicted molar refractivity (Wildman–Crippen MR) is 101 cm³/mol. The van der Waals surface area contributed by atoms with Gasteiger partial charge in [0.1, 0.15) is 11.6 Å². The number of anilines is 1. The molecule has 2 aromatic rings. The summed E-state index contributed by atoms with van der Waals surface area (Å²) in [4.78, 5) is 12.4. The van der Waals surface area contributed by atoms with E-state index in [1.807, 2.05) is 0 Å². The van der Waals surface area contributed by atoms with Crippen LogP contribution in [0.1, 0.15) is 11.1 Å². The summed E-state index contributed by atoms with van der Waals surface area (Å²) in [6.45, 7) is 0. The van der Waals surface area contributed by atoms with Gasteiger partial charge in [0.2, 0.25) is 0 Å². The molecule has 0 heterocycles. The number of hydrogen-bond acceptors (Lipinski definition) is 4. The molecule has 0 aromatic heterocycles. The smallest absolute Gasteiger partial charge is 0.418 e. The van der Waals surface area contributed by atoms with Gasteiger partial charge in [-0.15, -0.1) is 0 Å². The lowest BCUT2D eigenvalue weighted by Gasteiger charge is -2.13. The number of hydrogen-bond donors (Lipinski definition) is 1. The van der Waals surface area contributed by atoms with Gasteiger partial charge < -0.3 is 14.8 Å². The van der Waals surface area contributed by atoms with E-state index in [9.17, 15) is 23.2 Å². The van der Waals surface area contributed by atoms with Crippen LogP contribution in [0.2, 0.25) is 0 Å². The van der Waals surface area contributed by atoms with Gasteiger partial charge in [-0.25, -0.2) is 0 Å². The SMILES string of the molecule is COc1cc(C=C(C#N)C(=O)Nc2ccccc2C(F)(F)F)cc(Br)c1OC. The van der Waals surface area contributed by atoms with Crippen molar-refractivity contribution in [2.75, 3.05) is 19.5 Å². The Morgan fingerprint density at radius 3 is 2.46 bits per heavy atom. The molecule has 0 aliphatic heterocycles. The predicted octanol–water partition coefficient (Wildman–Crippen LogP) is 5.03. The third-order valence-electron chi connectivity index (χ3n) is 3.61. The topological polar surface area (TPSA) is 71.3 Å². The Morgan fingerprint density at radius 1 is 1.21 bits per heavy atom. The Bertz CT molecular complexity index is 966. The summed E-state index contributed by atoms with van der Waals surface area (Å²) in [5.41, 5.74) is -1.40. The van der Waals surface area contributed by atoms with Crippen molar-refractivity contribution < 1.29 is 27.4 Å². The number of alkyl halides is 3. The van der Waals surface area contributed by atoms with Crippen LogP contribution >= 0.6 is 15.9 Å². The third-order valence-corrected chi connectivity index (χ3v) is 4.20. The number of carbonyl (C=O) groups excluding carboxylic acids is 1. The number of nitriles is 1. The molecule has 2 aromatic carbocycles. The van der Waals surface area contributed by atoms with E-state index in [4.69, 9.17) is 9.47 Å². The summed E-state index contributed by atoms with van der Waals surface area (Å²) >= 11 is 3.29. The lowest BCUT2D eigenvalue weighted by atomic mass is 10.1. The molecule has 9 heteroatoms. The Labute approximate surface area is 167 Å². The standard InChI is InChI=1S/C19H14BrF3N2O3/c1-27-16-9-11(8-14(20)17(16)28-2)7-12(10-24)18(26)25-15-6-4-3-5-13(15)19(21,22)23/h3-9H,1-2H3,(H,25,26). The number of amides is 1. The van der Waals surface area contributed by atoms with E-state index in [0.717, 1.165) is 12.1 Å².